The summed E-state index contributed by atoms with van der Waals surface area (Å²) in [6.07, 6.45) is -3.87. The van der Waals surface area contributed by atoms with Crippen molar-refractivity contribution in [3.8, 4) is 5.88 Å². The SMILES string of the molecule is CON=C(c1cc(C)no1)c1ccccc1COc1ncc(C(F)(F)F)cc1Cl. The number of halogens is 4. The second-order valence-electron chi connectivity index (χ2n) is 5.91. The summed E-state index contributed by atoms with van der Waals surface area (Å²) in [6, 6.07) is 9.57. The Morgan fingerprint density at radius 1 is 1.24 bits per heavy atom. The second kappa shape index (κ2) is 8.52. The third-order valence-electron chi connectivity index (χ3n) is 3.82. The van der Waals surface area contributed by atoms with Crippen LogP contribution >= 0.6 is 11.6 Å². The molecule has 10 heteroatoms. The van der Waals surface area contributed by atoms with E-state index < -0.39 is 11.7 Å². The number of aryl methyl sites for hydroxylation is 1. The fourth-order valence-corrected chi connectivity index (χ4v) is 2.72. The maximum atomic E-state index is 12.7. The molecule has 0 aliphatic carbocycles. The molecule has 0 atom stereocenters. The molecule has 0 amide bonds. The first-order valence-electron chi connectivity index (χ1n) is 8.28. The summed E-state index contributed by atoms with van der Waals surface area (Å²) in [6.45, 7) is 1.74. The van der Waals surface area contributed by atoms with E-state index >= 15 is 0 Å². The quantitative estimate of drug-likeness (QED) is 0.409. The Kier molecular flexibility index (Phi) is 6.07. The number of rotatable bonds is 6. The summed E-state index contributed by atoms with van der Waals surface area (Å²) in [5, 5.41) is 7.61. The highest BCUT2D eigenvalue weighted by molar-refractivity contribution is 6.31. The Morgan fingerprint density at radius 3 is 2.62 bits per heavy atom. The van der Waals surface area contributed by atoms with Crippen LogP contribution < -0.4 is 4.74 Å². The van der Waals surface area contributed by atoms with Crippen LogP contribution in [0.25, 0.3) is 0 Å². The van der Waals surface area contributed by atoms with E-state index in [-0.39, 0.29) is 17.5 Å². The van der Waals surface area contributed by atoms with E-state index in [4.69, 9.17) is 25.7 Å². The fourth-order valence-electron chi connectivity index (χ4n) is 2.50. The molecule has 0 aliphatic rings. The predicted octanol–water partition coefficient (Wildman–Crippen LogP) is 5.03. The summed E-state index contributed by atoms with van der Waals surface area (Å²) in [5.41, 5.74) is 1.39. The van der Waals surface area contributed by atoms with Gasteiger partial charge >= 0.3 is 6.18 Å². The molecule has 1 aromatic carbocycles. The average molecular weight is 426 g/mol. The lowest BCUT2D eigenvalue weighted by Crippen LogP contribution is -2.10. The standard InChI is InChI=1S/C19H15ClF3N3O3/c1-11-7-16(29-25-11)17(26-27-2)14-6-4-3-5-12(14)10-28-18-15(20)8-13(9-24-18)19(21,22)23/h3-9H,10H2,1-2H3. The normalized spacial score (nSPS) is 12.1. The maximum Gasteiger partial charge on any atom is 0.417 e. The maximum absolute atomic E-state index is 12.7. The Labute approximate surface area is 168 Å². The van der Waals surface area contributed by atoms with Gasteiger partial charge in [0, 0.05) is 17.8 Å². The van der Waals surface area contributed by atoms with Crippen molar-refractivity contribution in [3.63, 3.8) is 0 Å². The van der Waals surface area contributed by atoms with Crippen LogP contribution in [0.1, 0.15) is 28.1 Å². The molecule has 0 aliphatic heterocycles. The van der Waals surface area contributed by atoms with Crippen LogP contribution in [0.2, 0.25) is 5.02 Å². The molecular weight excluding hydrogens is 411 g/mol. The van der Waals surface area contributed by atoms with Gasteiger partial charge in [-0.25, -0.2) is 4.98 Å². The molecule has 0 saturated heterocycles. The summed E-state index contributed by atoms with van der Waals surface area (Å²) in [7, 11) is 1.40. The zero-order valence-corrected chi connectivity index (χ0v) is 16.1. The van der Waals surface area contributed by atoms with Crippen LogP contribution in [0.4, 0.5) is 13.2 Å². The van der Waals surface area contributed by atoms with Crippen LogP contribution in [0.5, 0.6) is 5.88 Å². The summed E-state index contributed by atoms with van der Waals surface area (Å²) >= 11 is 5.90. The molecule has 0 saturated carbocycles. The van der Waals surface area contributed by atoms with Crippen LogP contribution in [0, 0.1) is 6.92 Å². The largest absolute Gasteiger partial charge is 0.472 e. The minimum absolute atomic E-state index is 0.0237. The molecule has 2 aromatic heterocycles. The van der Waals surface area contributed by atoms with Gasteiger partial charge in [-0.15, -0.1) is 0 Å². The molecule has 3 aromatic rings. The van der Waals surface area contributed by atoms with Gasteiger partial charge in [0.25, 0.3) is 0 Å². The highest BCUT2D eigenvalue weighted by atomic mass is 35.5. The molecule has 152 valence electrons. The summed E-state index contributed by atoms with van der Waals surface area (Å²) in [4.78, 5) is 8.60. The molecule has 3 rings (SSSR count). The smallest absolute Gasteiger partial charge is 0.417 e. The zero-order chi connectivity index (χ0) is 21.0. The van der Waals surface area contributed by atoms with Gasteiger partial charge in [0.2, 0.25) is 5.88 Å². The van der Waals surface area contributed by atoms with E-state index in [1.807, 2.05) is 0 Å². The van der Waals surface area contributed by atoms with Gasteiger partial charge in [-0.2, -0.15) is 13.2 Å². The van der Waals surface area contributed by atoms with Gasteiger partial charge in [-0.05, 0) is 18.6 Å². The van der Waals surface area contributed by atoms with Gasteiger partial charge in [-0.1, -0.05) is 46.2 Å². The summed E-state index contributed by atoms with van der Waals surface area (Å²) in [5.74, 6) is 0.276. The Hall–Kier alpha value is -3.07. The van der Waals surface area contributed by atoms with Gasteiger partial charge in [0.15, 0.2) is 11.5 Å². The van der Waals surface area contributed by atoms with E-state index in [2.05, 4.69) is 15.3 Å². The van der Waals surface area contributed by atoms with E-state index in [1.54, 1.807) is 37.3 Å². The molecule has 0 fully saturated rings. The van der Waals surface area contributed by atoms with E-state index in [1.165, 1.54) is 7.11 Å². The number of pyridine rings is 1. The van der Waals surface area contributed by atoms with Crippen LogP contribution in [0.15, 0.2) is 52.3 Å². The highest BCUT2D eigenvalue weighted by Gasteiger charge is 2.31. The van der Waals surface area contributed by atoms with Crippen LogP contribution in [-0.2, 0) is 17.6 Å². The lowest BCUT2D eigenvalue weighted by atomic mass is 10.0. The number of hydrogen-bond acceptors (Lipinski definition) is 6. The molecule has 2 heterocycles. The average Bonchev–Trinajstić information content (AvgIpc) is 3.11. The Bertz CT molecular complexity index is 1030. The fraction of sp³-hybridized carbons (Fsp3) is 0.211. The molecule has 0 bridgehead atoms. The molecule has 6 nitrogen and oxygen atoms in total. The number of hydrogen-bond donors (Lipinski definition) is 0. The molecule has 0 unspecified atom stereocenters. The lowest BCUT2D eigenvalue weighted by molar-refractivity contribution is -0.137. The van der Waals surface area contributed by atoms with Crippen molar-refractivity contribution in [2.45, 2.75) is 19.7 Å². The number of aromatic nitrogens is 2. The number of ether oxygens (including phenoxy) is 1. The Morgan fingerprint density at radius 2 is 2.00 bits per heavy atom. The van der Waals surface area contributed by atoms with E-state index in [0.29, 0.717) is 34.5 Å². The van der Waals surface area contributed by atoms with Gasteiger partial charge in [-0.3, -0.25) is 0 Å². The predicted molar refractivity (Wildman–Crippen MR) is 98.9 cm³/mol. The van der Waals surface area contributed by atoms with Crippen molar-refractivity contribution in [1.82, 2.24) is 10.1 Å². The number of nitrogens with zero attached hydrogens (tertiary/aromatic N) is 3. The first-order chi connectivity index (χ1) is 13.8. The van der Waals surface area contributed by atoms with Crippen LogP contribution in [-0.4, -0.2) is 23.0 Å². The number of benzene rings is 1. The topological polar surface area (TPSA) is 69.7 Å². The second-order valence-corrected chi connectivity index (χ2v) is 6.32. The molecular formula is C19H15ClF3N3O3. The monoisotopic (exact) mass is 425 g/mol. The van der Waals surface area contributed by atoms with Gasteiger partial charge in [0.05, 0.1) is 11.3 Å². The minimum atomic E-state index is -4.54. The summed E-state index contributed by atoms with van der Waals surface area (Å²) < 4.78 is 49.1. The molecule has 0 spiro atoms. The van der Waals surface area contributed by atoms with Crippen LogP contribution in [0.3, 0.4) is 0 Å². The van der Waals surface area contributed by atoms with E-state index in [9.17, 15) is 13.2 Å². The molecule has 0 radical (unpaired) electrons. The minimum Gasteiger partial charge on any atom is -0.472 e. The van der Waals surface area contributed by atoms with Gasteiger partial charge in [0.1, 0.15) is 18.7 Å². The lowest BCUT2D eigenvalue weighted by Gasteiger charge is -2.13. The highest BCUT2D eigenvalue weighted by Crippen LogP contribution is 2.33. The number of oxime groups is 1. The molecule has 0 N–H and O–H groups in total. The van der Waals surface area contributed by atoms with Crippen molar-refractivity contribution in [2.75, 3.05) is 7.11 Å². The van der Waals surface area contributed by atoms with Crippen molar-refractivity contribution < 1.29 is 27.3 Å². The van der Waals surface area contributed by atoms with E-state index in [0.717, 1.165) is 6.07 Å². The first kappa shape index (κ1) is 20.7. The molecule has 29 heavy (non-hydrogen) atoms. The van der Waals surface area contributed by atoms with Crippen molar-refractivity contribution in [3.05, 3.63) is 75.8 Å². The number of alkyl halides is 3. The van der Waals surface area contributed by atoms with Gasteiger partial charge < -0.3 is 14.1 Å². The third-order valence-corrected chi connectivity index (χ3v) is 4.09. The first-order valence-corrected chi connectivity index (χ1v) is 8.66. The third kappa shape index (κ3) is 4.86. The zero-order valence-electron chi connectivity index (χ0n) is 15.3. The van der Waals surface area contributed by atoms with Crippen molar-refractivity contribution in [1.29, 1.82) is 0 Å². The Balaban J connectivity index is 1.87. The van der Waals surface area contributed by atoms with Crippen molar-refractivity contribution >= 4 is 17.3 Å². The van der Waals surface area contributed by atoms with Crippen molar-refractivity contribution in [2.24, 2.45) is 5.16 Å².